The average Bonchev–Trinajstić information content (AvgIpc) is 3.54. The number of nitrogens with zero attached hydrogens (tertiary/aromatic N) is 1. The Morgan fingerprint density at radius 2 is 2.00 bits per heavy atom. The lowest BCUT2D eigenvalue weighted by Crippen LogP contribution is -1.99. The van der Waals surface area contributed by atoms with Crippen LogP contribution in [-0.2, 0) is 4.79 Å². The summed E-state index contributed by atoms with van der Waals surface area (Å²) in [5.74, 6) is 0.645. The zero-order valence-corrected chi connectivity index (χ0v) is 14.3. The fraction of sp³-hybridized carbons (Fsp3) is 0.300. The van der Waals surface area contributed by atoms with Crippen LogP contribution < -0.4 is 10.1 Å². The van der Waals surface area contributed by atoms with Crippen molar-refractivity contribution >= 4 is 23.3 Å². The van der Waals surface area contributed by atoms with Crippen molar-refractivity contribution in [2.24, 2.45) is 0 Å². The summed E-state index contributed by atoms with van der Waals surface area (Å²) in [5.41, 5.74) is 1.70. The second kappa shape index (κ2) is 7.15. The topological polar surface area (TPSA) is 67.0 Å². The number of carbonyl (C=O) groups is 1. The van der Waals surface area contributed by atoms with Gasteiger partial charge in [-0.05, 0) is 37.1 Å². The van der Waals surface area contributed by atoms with Gasteiger partial charge in [0.05, 0.1) is 11.7 Å². The maximum absolute atomic E-state index is 14.4. The lowest BCUT2D eigenvalue weighted by molar-refractivity contribution is -0.105. The van der Waals surface area contributed by atoms with E-state index in [4.69, 9.17) is 4.74 Å². The molecule has 3 aromatic rings. The van der Waals surface area contributed by atoms with E-state index in [1.807, 2.05) is 0 Å². The number of amides is 1. The smallest absolute Gasteiger partial charge is 0.212 e. The van der Waals surface area contributed by atoms with Crippen LogP contribution in [0.15, 0.2) is 36.5 Å². The maximum atomic E-state index is 14.4. The van der Waals surface area contributed by atoms with Crippen LogP contribution in [0.5, 0.6) is 5.75 Å². The van der Waals surface area contributed by atoms with Crippen molar-refractivity contribution in [2.75, 3.05) is 5.32 Å². The summed E-state index contributed by atoms with van der Waals surface area (Å²) in [5, 5.41) is 3.27. The van der Waals surface area contributed by atoms with Gasteiger partial charge in [0.25, 0.3) is 0 Å². The van der Waals surface area contributed by atoms with Crippen molar-refractivity contribution in [2.45, 2.75) is 38.2 Å². The Bertz CT molecular complexity index is 929. The Hall–Kier alpha value is -2.89. The molecule has 0 unspecified atom stereocenters. The van der Waals surface area contributed by atoms with Gasteiger partial charge in [-0.1, -0.05) is 25.3 Å². The van der Waals surface area contributed by atoms with E-state index in [1.165, 1.54) is 25.3 Å². The van der Waals surface area contributed by atoms with Crippen molar-refractivity contribution in [1.82, 2.24) is 9.97 Å². The predicted molar refractivity (Wildman–Crippen MR) is 98.7 cm³/mol. The molecule has 2 N–H and O–H groups in total. The van der Waals surface area contributed by atoms with Crippen LogP contribution in [0.4, 0.5) is 10.2 Å². The molecule has 5 nitrogen and oxygen atoms in total. The number of rotatable bonds is 5. The van der Waals surface area contributed by atoms with E-state index in [2.05, 4.69) is 15.3 Å². The lowest BCUT2D eigenvalue weighted by Gasteiger charge is -2.11. The third-order valence-electron chi connectivity index (χ3n) is 4.16. The minimum atomic E-state index is -0.334. The van der Waals surface area contributed by atoms with E-state index in [1.54, 1.807) is 30.5 Å². The second-order valence-corrected chi connectivity index (χ2v) is 6.55. The van der Waals surface area contributed by atoms with E-state index in [-0.39, 0.29) is 11.9 Å². The molecular formula is C20H20FN3O2. The van der Waals surface area contributed by atoms with Crippen LogP contribution in [0.3, 0.4) is 0 Å². The van der Waals surface area contributed by atoms with E-state index in [0.29, 0.717) is 34.8 Å². The standard InChI is InChI=1S/C17H14FN3O2.C3H6/c18-13-2-1-3-14(23-10-4-5-10)16(13)12-8-19-17-11(12)6-7-15(21-17)20-9-22;1-2-3-1/h1-3,6-10H,4-5H2,(H2,19,20,21,22);1-3H2. The molecule has 0 spiro atoms. The molecule has 0 radical (unpaired) electrons. The number of pyridine rings is 1. The van der Waals surface area contributed by atoms with E-state index in [9.17, 15) is 9.18 Å². The minimum absolute atomic E-state index is 0.183. The van der Waals surface area contributed by atoms with Crippen LogP contribution in [-0.4, -0.2) is 22.5 Å². The van der Waals surface area contributed by atoms with E-state index >= 15 is 0 Å². The number of benzene rings is 1. The molecular weight excluding hydrogens is 333 g/mol. The second-order valence-electron chi connectivity index (χ2n) is 6.55. The van der Waals surface area contributed by atoms with Gasteiger partial charge in [-0.3, -0.25) is 4.79 Å². The van der Waals surface area contributed by atoms with Crippen LogP contribution in [0, 0.1) is 5.82 Å². The van der Waals surface area contributed by atoms with Gasteiger partial charge in [-0.2, -0.15) is 0 Å². The highest BCUT2D eigenvalue weighted by Crippen LogP contribution is 2.39. The number of anilines is 1. The van der Waals surface area contributed by atoms with Gasteiger partial charge in [-0.15, -0.1) is 0 Å². The molecule has 2 aliphatic rings. The number of aromatic amines is 1. The molecule has 2 aromatic heterocycles. The first-order valence-corrected chi connectivity index (χ1v) is 8.90. The Kier molecular flexibility index (Phi) is 4.56. The molecule has 1 amide bonds. The van der Waals surface area contributed by atoms with Crippen LogP contribution >= 0.6 is 0 Å². The molecule has 0 saturated heterocycles. The molecule has 2 heterocycles. The zero-order chi connectivity index (χ0) is 17.9. The van der Waals surface area contributed by atoms with Crippen LogP contribution in [0.1, 0.15) is 32.1 Å². The van der Waals surface area contributed by atoms with Crippen molar-refractivity contribution in [3.8, 4) is 16.9 Å². The number of fused-ring (bicyclic) bond motifs is 1. The van der Waals surface area contributed by atoms with Gasteiger partial charge in [0.15, 0.2) is 0 Å². The highest BCUT2D eigenvalue weighted by atomic mass is 19.1. The molecule has 0 atom stereocenters. The lowest BCUT2D eigenvalue weighted by atomic mass is 10.0. The molecule has 2 aliphatic carbocycles. The average molecular weight is 353 g/mol. The summed E-state index contributed by atoms with van der Waals surface area (Å²) in [7, 11) is 0. The third-order valence-corrected chi connectivity index (χ3v) is 4.16. The van der Waals surface area contributed by atoms with Crippen LogP contribution in [0.25, 0.3) is 22.2 Å². The third kappa shape index (κ3) is 3.69. The number of carbonyl (C=O) groups excluding carboxylic acids is 1. The van der Waals surface area contributed by atoms with Crippen molar-refractivity contribution < 1.29 is 13.9 Å². The summed E-state index contributed by atoms with van der Waals surface area (Å²) in [6, 6.07) is 8.33. The van der Waals surface area contributed by atoms with Crippen molar-refractivity contribution in [3.05, 3.63) is 42.3 Å². The summed E-state index contributed by atoms with van der Waals surface area (Å²) >= 11 is 0. The number of halogens is 1. The molecule has 26 heavy (non-hydrogen) atoms. The number of aromatic nitrogens is 2. The number of H-pyrrole nitrogens is 1. The summed E-state index contributed by atoms with van der Waals surface area (Å²) in [4.78, 5) is 17.8. The number of ether oxygens (including phenoxy) is 1. The zero-order valence-electron chi connectivity index (χ0n) is 14.3. The Morgan fingerprint density at radius 3 is 2.69 bits per heavy atom. The van der Waals surface area contributed by atoms with E-state index in [0.717, 1.165) is 18.2 Å². The molecule has 2 saturated carbocycles. The molecule has 0 aliphatic heterocycles. The Balaban J connectivity index is 0.000000510. The molecule has 1 aromatic carbocycles. The monoisotopic (exact) mass is 353 g/mol. The quantitative estimate of drug-likeness (QED) is 0.656. The van der Waals surface area contributed by atoms with Gasteiger partial charge < -0.3 is 15.0 Å². The normalized spacial score (nSPS) is 15.1. The highest BCUT2D eigenvalue weighted by molar-refractivity contribution is 5.96. The first-order chi connectivity index (χ1) is 12.8. The van der Waals surface area contributed by atoms with Crippen molar-refractivity contribution in [1.29, 1.82) is 0 Å². The summed E-state index contributed by atoms with van der Waals surface area (Å²) in [6.45, 7) is 0. The SMILES string of the molecule is C1CC1.O=CNc1ccc2c(-c3c(F)cccc3OC3CC3)c[nH]c2n1. The Morgan fingerprint density at radius 1 is 1.19 bits per heavy atom. The van der Waals surface area contributed by atoms with Crippen LogP contribution in [0.2, 0.25) is 0 Å². The first kappa shape index (κ1) is 16.6. The van der Waals surface area contributed by atoms with Gasteiger partial charge in [0.2, 0.25) is 6.41 Å². The Labute approximate surface area is 150 Å². The predicted octanol–water partition coefficient (Wildman–Crippen LogP) is 4.65. The summed E-state index contributed by atoms with van der Waals surface area (Å²) in [6.07, 6.45) is 8.97. The number of hydrogen-bond acceptors (Lipinski definition) is 3. The largest absolute Gasteiger partial charge is 0.490 e. The van der Waals surface area contributed by atoms with E-state index < -0.39 is 0 Å². The van der Waals surface area contributed by atoms with Gasteiger partial charge in [0, 0.05) is 17.1 Å². The molecule has 2 fully saturated rings. The molecule has 6 heteroatoms. The fourth-order valence-electron chi connectivity index (χ4n) is 2.58. The van der Waals surface area contributed by atoms with Crippen molar-refractivity contribution in [3.63, 3.8) is 0 Å². The summed E-state index contributed by atoms with van der Waals surface area (Å²) < 4.78 is 20.3. The number of hydrogen-bond donors (Lipinski definition) is 2. The highest BCUT2D eigenvalue weighted by Gasteiger charge is 2.26. The first-order valence-electron chi connectivity index (χ1n) is 8.90. The molecule has 134 valence electrons. The molecule has 0 bridgehead atoms. The minimum Gasteiger partial charge on any atom is -0.490 e. The van der Waals surface area contributed by atoms with Gasteiger partial charge >= 0.3 is 0 Å². The maximum Gasteiger partial charge on any atom is 0.212 e. The molecule has 5 rings (SSSR count). The van der Waals surface area contributed by atoms with Gasteiger partial charge in [-0.25, -0.2) is 9.37 Å². The van der Waals surface area contributed by atoms with Gasteiger partial charge in [0.1, 0.15) is 23.0 Å². The number of nitrogens with one attached hydrogen (secondary N) is 2. The fourth-order valence-corrected chi connectivity index (χ4v) is 2.58.